The van der Waals surface area contributed by atoms with Crippen LogP contribution < -0.4 is 4.74 Å². The smallest absolute Gasteiger partial charge is 0.133 e. The molecule has 19 heavy (non-hydrogen) atoms. The summed E-state index contributed by atoms with van der Waals surface area (Å²) in [6, 6.07) is 7.81. The molecule has 0 saturated carbocycles. The highest BCUT2D eigenvalue weighted by atomic mass is 35.5. The molecule has 1 unspecified atom stereocenters. The zero-order chi connectivity index (χ0) is 14.0. The van der Waals surface area contributed by atoms with Crippen molar-refractivity contribution in [2.75, 3.05) is 7.11 Å². The number of hydrogen-bond donors (Lipinski definition) is 1. The van der Waals surface area contributed by atoms with Gasteiger partial charge >= 0.3 is 0 Å². The molecule has 2 aromatic rings. The maximum absolute atomic E-state index is 13.8. The summed E-state index contributed by atoms with van der Waals surface area (Å²) in [6.45, 7) is 0. The van der Waals surface area contributed by atoms with Gasteiger partial charge in [-0.1, -0.05) is 17.7 Å². The molecule has 100 valence electrons. The highest BCUT2D eigenvalue weighted by molar-refractivity contribution is 6.30. The summed E-state index contributed by atoms with van der Waals surface area (Å²) >= 11 is 5.63. The Labute approximate surface area is 114 Å². The van der Waals surface area contributed by atoms with Crippen molar-refractivity contribution >= 4 is 11.6 Å². The second-order valence-corrected chi connectivity index (χ2v) is 4.39. The minimum absolute atomic E-state index is 0.0259. The van der Waals surface area contributed by atoms with E-state index in [1.165, 1.54) is 31.4 Å². The van der Waals surface area contributed by atoms with Crippen molar-refractivity contribution in [2.24, 2.45) is 0 Å². The third kappa shape index (κ3) is 2.85. The Morgan fingerprint density at radius 3 is 2.16 bits per heavy atom. The van der Waals surface area contributed by atoms with Crippen LogP contribution in [-0.2, 0) is 0 Å². The third-order valence-electron chi connectivity index (χ3n) is 2.76. The van der Waals surface area contributed by atoms with Gasteiger partial charge in [0, 0.05) is 22.2 Å². The molecule has 0 aromatic heterocycles. The fourth-order valence-electron chi connectivity index (χ4n) is 1.75. The van der Waals surface area contributed by atoms with Crippen LogP contribution in [-0.4, -0.2) is 12.2 Å². The Morgan fingerprint density at radius 1 is 1.05 bits per heavy atom. The van der Waals surface area contributed by atoms with Crippen molar-refractivity contribution in [3.05, 3.63) is 64.2 Å². The molecule has 0 saturated heterocycles. The monoisotopic (exact) mass is 284 g/mol. The molecule has 0 spiro atoms. The van der Waals surface area contributed by atoms with Gasteiger partial charge in [-0.25, -0.2) is 8.78 Å². The molecular formula is C14H11ClF2O2. The molecule has 0 aliphatic rings. The minimum Gasteiger partial charge on any atom is -0.497 e. The van der Waals surface area contributed by atoms with E-state index >= 15 is 0 Å². The summed E-state index contributed by atoms with van der Waals surface area (Å²) in [4.78, 5) is 0. The molecule has 0 bridgehead atoms. The Bertz CT molecular complexity index is 602. The van der Waals surface area contributed by atoms with E-state index in [9.17, 15) is 13.9 Å². The average molecular weight is 285 g/mol. The van der Waals surface area contributed by atoms with Gasteiger partial charge < -0.3 is 9.84 Å². The van der Waals surface area contributed by atoms with E-state index in [1.54, 1.807) is 0 Å². The summed E-state index contributed by atoms with van der Waals surface area (Å²) in [5.41, 5.74) is -0.0597. The lowest BCUT2D eigenvalue weighted by atomic mass is 10.0. The fraction of sp³-hybridized carbons (Fsp3) is 0.143. The summed E-state index contributed by atoms with van der Waals surface area (Å²) < 4.78 is 32.3. The van der Waals surface area contributed by atoms with Gasteiger partial charge in [0.2, 0.25) is 0 Å². The lowest BCUT2D eigenvalue weighted by Crippen LogP contribution is -2.05. The molecule has 0 aliphatic heterocycles. The largest absolute Gasteiger partial charge is 0.497 e. The first-order chi connectivity index (χ1) is 9.02. The predicted molar refractivity (Wildman–Crippen MR) is 68.4 cm³/mol. The maximum atomic E-state index is 13.8. The summed E-state index contributed by atoms with van der Waals surface area (Å²) in [7, 11) is 1.41. The van der Waals surface area contributed by atoms with Gasteiger partial charge in [0.1, 0.15) is 23.5 Å². The van der Waals surface area contributed by atoms with Crippen LogP contribution in [0.4, 0.5) is 8.78 Å². The number of methoxy groups -OCH3 is 1. The SMILES string of the molecule is COc1ccc(C(O)c2ccc(Cl)cc2F)c(F)c1. The summed E-state index contributed by atoms with van der Waals surface area (Å²) in [5, 5.41) is 10.3. The highest BCUT2D eigenvalue weighted by Crippen LogP contribution is 2.29. The molecule has 0 amide bonds. The van der Waals surface area contributed by atoms with Crippen LogP contribution >= 0.6 is 11.6 Å². The van der Waals surface area contributed by atoms with Crippen LogP contribution in [0.1, 0.15) is 17.2 Å². The van der Waals surface area contributed by atoms with E-state index < -0.39 is 17.7 Å². The minimum atomic E-state index is -1.40. The van der Waals surface area contributed by atoms with E-state index in [4.69, 9.17) is 16.3 Å². The van der Waals surface area contributed by atoms with Crippen LogP contribution in [0.3, 0.4) is 0 Å². The first-order valence-corrected chi connectivity index (χ1v) is 5.87. The van der Waals surface area contributed by atoms with Crippen molar-refractivity contribution in [3.8, 4) is 5.75 Å². The molecule has 0 aliphatic carbocycles. The number of rotatable bonds is 3. The Kier molecular flexibility index (Phi) is 4.02. The van der Waals surface area contributed by atoms with Crippen molar-refractivity contribution in [1.29, 1.82) is 0 Å². The van der Waals surface area contributed by atoms with Crippen LogP contribution in [0.2, 0.25) is 5.02 Å². The fourth-order valence-corrected chi connectivity index (χ4v) is 1.91. The quantitative estimate of drug-likeness (QED) is 0.931. The van der Waals surface area contributed by atoms with E-state index in [1.807, 2.05) is 0 Å². The average Bonchev–Trinajstić information content (AvgIpc) is 2.37. The number of halogens is 3. The van der Waals surface area contributed by atoms with E-state index in [0.717, 1.165) is 12.1 Å². The van der Waals surface area contributed by atoms with E-state index in [2.05, 4.69) is 0 Å². The number of ether oxygens (including phenoxy) is 1. The Hall–Kier alpha value is -1.65. The normalized spacial score (nSPS) is 12.3. The molecule has 1 N–H and O–H groups in total. The number of hydrogen-bond acceptors (Lipinski definition) is 2. The molecule has 5 heteroatoms. The number of benzene rings is 2. The van der Waals surface area contributed by atoms with Gasteiger partial charge in [-0.15, -0.1) is 0 Å². The third-order valence-corrected chi connectivity index (χ3v) is 2.99. The van der Waals surface area contributed by atoms with Crippen molar-refractivity contribution in [2.45, 2.75) is 6.10 Å². The van der Waals surface area contributed by atoms with Crippen LogP contribution in [0.15, 0.2) is 36.4 Å². The van der Waals surface area contributed by atoms with Gasteiger partial charge in [0.05, 0.1) is 7.11 Å². The number of aliphatic hydroxyl groups is 1. The molecule has 2 rings (SSSR count). The Morgan fingerprint density at radius 2 is 1.63 bits per heavy atom. The lowest BCUT2D eigenvalue weighted by Gasteiger charge is -2.14. The van der Waals surface area contributed by atoms with Crippen molar-refractivity contribution < 1.29 is 18.6 Å². The van der Waals surface area contributed by atoms with Gasteiger partial charge in [-0.2, -0.15) is 0 Å². The first-order valence-electron chi connectivity index (χ1n) is 5.49. The molecular weight excluding hydrogens is 274 g/mol. The van der Waals surface area contributed by atoms with E-state index in [-0.39, 0.29) is 16.1 Å². The van der Waals surface area contributed by atoms with Crippen molar-refractivity contribution in [1.82, 2.24) is 0 Å². The topological polar surface area (TPSA) is 29.5 Å². The van der Waals surface area contributed by atoms with Gasteiger partial charge in [0.25, 0.3) is 0 Å². The molecule has 0 radical (unpaired) electrons. The summed E-state index contributed by atoms with van der Waals surface area (Å²) in [6.07, 6.45) is -1.40. The van der Waals surface area contributed by atoms with E-state index in [0.29, 0.717) is 5.75 Å². The van der Waals surface area contributed by atoms with Gasteiger partial charge in [-0.3, -0.25) is 0 Å². The standard InChI is InChI=1S/C14H11ClF2O2/c1-19-9-3-5-11(13(17)7-9)14(18)10-4-2-8(15)6-12(10)16/h2-7,14,18H,1H3. The van der Waals surface area contributed by atoms with Crippen LogP contribution in [0.5, 0.6) is 5.75 Å². The second kappa shape index (κ2) is 5.55. The Balaban J connectivity index is 2.41. The van der Waals surface area contributed by atoms with Crippen molar-refractivity contribution in [3.63, 3.8) is 0 Å². The molecule has 2 nitrogen and oxygen atoms in total. The highest BCUT2D eigenvalue weighted by Gasteiger charge is 2.19. The lowest BCUT2D eigenvalue weighted by molar-refractivity contribution is 0.209. The predicted octanol–water partition coefficient (Wildman–Crippen LogP) is 3.71. The van der Waals surface area contributed by atoms with Crippen LogP contribution in [0.25, 0.3) is 0 Å². The molecule has 1 atom stereocenters. The number of aliphatic hydroxyl groups excluding tert-OH is 1. The second-order valence-electron chi connectivity index (χ2n) is 3.96. The van der Waals surface area contributed by atoms with Gasteiger partial charge in [-0.05, 0) is 24.3 Å². The summed E-state index contributed by atoms with van der Waals surface area (Å²) in [5.74, 6) is -1.03. The maximum Gasteiger partial charge on any atom is 0.133 e. The van der Waals surface area contributed by atoms with Gasteiger partial charge in [0.15, 0.2) is 0 Å². The first kappa shape index (κ1) is 13.8. The van der Waals surface area contributed by atoms with Crippen LogP contribution in [0, 0.1) is 11.6 Å². The molecule has 2 aromatic carbocycles. The molecule has 0 fully saturated rings. The zero-order valence-electron chi connectivity index (χ0n) is 10.0. The zero-order valence-corrected chi connectivity index (χ0v) is 10.8. The molecule has 0 heterocycles.